The first kappa shape index (κ1) is 17.5. The van der Waals surface area contributed by atoms with Gasteiger partial charge < -0.3 is 19.3 Å². The smallest absolute Gasteiger partial charge is 0.302 e. The van der Waals surface area contributed by atoms with Crippen LogP contribution >= 0.6 is 0 Å². The Balaban J connectivity index is 2.32. The van der Waals surface area contributed by atoms with Crippen LogP contribution in [0.5, 0.6) is 5.75 Å². The van der Waals surface area contributed by atoms with Gasteiger partial charge in [-0.3, -0.25) is 4.79 Å². The number of rotatable bonds is 8. The maximum atomic E-state index is 10.6. The predicted octanol–water partition coefficient (Wildman–Crippen LogP) is 2.48. The van der Waals surface area contributed by atoms with Gasteiger partial charge in [-0.15, -0.1) is 0 Å². The molecule has 0 bridgehead atoms. The molecule has 0 aromatic heterocycles. The average molecular weight is 296 g/mol. The van der Waals surface area contributed by atoms with Crippen LogP contribution in [0.2, 0.25) is 0 Å². The number of benzene rings is 1. The molecule has 0 heterocycles. The van der Waals surface area contributed by atoms with Crippen molar-refractivity contribution in [2.45, 2.75) is 46.0 Å². The number of hydrogen-bond acceptors (Lipinski definition) is 5. The van der Waals surface area contributed by atoms with E-state index in [9.17, 15) is 9.90 Å². The van der Waals surface area contributed by atoms with E-state index in [1.54, 1.807) is 6.92 Å². The summed E-state index contributed by atoms with van der Waals surface area (Å²) in [4.78, 5) is 10.6. The molecule has 0 saturated heterocycles. The molecule has 0 aliphatic rings. The zero-order valence-electron chi connectivity index (χ0n) is 13.0. The lowest BCUT2D eigenvalue weighted by Crippen LogP contribution is -2.27. The molecule has 5 nitrogen and oxygen atoms in total. The van der Waals surface area contributed by atoms with Crippen molar-refractivity contribution in [3.8, 4) is 5.75 Å². The SMILES string of the molecule is CC(=O)OCC(O)COC(C)Oc1ccc(C(C)C)cc1. The lowest BCUT2D eigenvalue weighted by atomic mass is 10.0. The highest BCUT2D eigenvalue weighted by atomic mass is 16.7. The lowest BCUT2D eigenvalue weighted by Gasteiger charge is -2.18. The quantitative estimate of drug-likeness (QED) is 0.590. The number of ether oxygens (including phenoxy) is 3. The van der Waals surface area contributed by atoms with Crippen LogP contribution in [0.4, 0.5) is 0 Å². The van der Waals surface area contributed by atoms with E-state index in [1.165, 1.54) is 12.5 Å². The Morgan fingerprint density at radius 3 is 2.29 bits per heavy atom. The normalized spacial score (nSPS) is 13.8. The van der Waals surface area contributed by atoms with Gasteiger partial charge in [0.1, 0.15) is 18.5 Å². The molecule has 5 heteroatoms. The van der Waals surface area contributed by atoms with Crippen molar-refractivity contribution in [2.75, 3.05) is 13.2 Å². The molecule has 2 atom stereocenters. The Hall–Kier alpha value is -1.59. The molecule has 21 heavy (non-hydrogen) atoms. The van der Waals surface area contributed by atoms with Gasteiger partial charge in [0.25, 0.3) is 0 Å². The number of aliphatic hydroxyl groups excluding tert-OH is 1. The topological polar surface area (TPSA) is 65.0 Å². The summed E-state index contributed by atoms with van der Waals surface area (Å²) in [5.74, 6) is 0.758. The standard InChI is InChI=1S/C16H24O5/c1-11(2)14-5-7-16(8-6-14)21-13(4)20-10-15(18)9-19-12(3)17/h5-8,11,13,15,18H,9-10H2,1-4H3. The highest BCUT2D eigenvalue weighted by Crippen LogP contribution is 2.19. The van der Waals surface area contributed by atoms with Crippen LogP contribution in [0, 0.1) is 0 Å². The number of hydrogen-bond donors (Lipinski definition) is 1. The molecule has 0 spiro atoms. The second-order valence-electron chi connectivity index (χ2n) is 5.20. The van der Waals surface area contributed by atoms with E-state index >= 15 is 0 Å². The summed E-state index contributed by atoms with van der Waals surface area (Å²) < 4.78 is 15.6. The van der Waals surface area contributed by atoms with Crippen molar-refractivity contribution in [1.29, 1.82) is 0 Å². The molecule has 1 aromatic carbocycles. The molecule has 1 N–H and O–H groups in total. The second-order valence-corrected chi connectivity index (χ2v) is 5.20. The van der Waals surface area contributed by atoms with Crippen LogP contribution in [0.25, 0.3) is 0 Å². The summed E-state index contributed by atoms with van der Waals surface area (Å²) in [6, 6.07) is 7.82. The Bertz CT molecular complexity index is 427. The first-order valence-electron chi connectivity index (χ1n) is 7.08. The van der Waals surface area contributed by atoms with Gasteiger partial charge in [0.05, 0.1) is 6.61 Å². The fourth-order valence-electron chi connectivity index (χ4n) is 1.67. The molecule has 0 fully saturated rings. The number of carbonyl (C=O) groups excluding carboxylic acids is 1. The van der Waals surface area contributed by atoms with Gasteiger partial charge in [0.15, 0.2) is 6.29 Å². The van der Waals surface area contributed by atoms with E-state index in [4.69, 9.17) is 9.47 Å². The second kappa shape index (κ2) is 8.64. The molecule has 0 saturated carbocycles. The molecule has 2 unspecified atom stereocenters. The van der Waals surface area contributed by atoms with E-state index in [2.05, 4.69) is 18.6 Å². The van der Waals surface area contributed by atoms with Gasteiger partial charge in [0, 0.05) is 6.92 Å². The third-order valence-corrected chi connectivity index (χ3v) is 2.85. The van der Waals surface area contributed by atoms with E-state index in [-0.39, 0.29) is 13.2 Å². The van der Waals surface area contributed by atoms with Crippen LogP contribution in [0.1, 0.15) is 39.2 Å². The van der Waals surface area contributed by atoms with Crippen molar-refractivity contribution >= 4 is 5.97 Å². The summed E-state index contributed by atoms with van der Waals surface area (Å²) in [5.41, 5.74) is 1.24. The highest BCUT2D eigenvalue weighted by molar-refractivity contribution is 5.65. The largest absolute Gasteiger partial charge is 0.465 e. The first-order valence-corrected chi connectivity index (χ1v) is 7.08. The van der Waals surface area contributed by atoms with Crippen molar-refractivity contribution < 1.29 is 24.1 Å². The van der Waals surface area contributed by atoms with Gasteiger partial charge in [-0.05, 0) is 30.5 Å². The van der Waals surface area contributed by atoms with Gasteiger partial charge in [0.2, 0.25) is 0 Å². The summed E-state index contributed by atoms with van der Waals surface area (Å²) in [6.07, 6.45) is -1.36. The summed E-state index contributed by atoms with van der Waals surface area (Å²) in [5, 5.41) is 9.55. The molecular formula is C16H24O5. The third-order valence-electron chi connectivity index (χ3n) is 2.85. The lowest BCUT2D eigenvalue weighted by molar-refractivity contribution is -0.148. The average Bonchev–Trinajstić information content (AvgIpc) is 2.43. The van der Waals surface area contributed by atoms with Crippen LogP contribution in [-0.4, -0.2) is 36.7 Å². The molecule has 0 radical (unpaired) electrons. The predicted molar refractivity (Wildman–Crippen MR) is 79.2 cm³/mol. The molecule has 1 rings (SSSR count). The van der Waals surface area contributed by atoms with Crippen LogP contribution in [0.15, 0.2) is 24.3 Å². The summed E-state index contributed by atoms with van der Waals surface area (Å²) in [7, 11) is 0. The highest BCUT2D eigenvalue weighted by Gasteiger charge is 2.11. The molecule has 1 aromatic rings. The van der Waals surface area contributed by atoms with Gasteiger partial charge >= 0.3 is 5.97 Å². The van der Waals surface area contributed by atoms with E-state index in [1.807, 2.05) is 24.3 Å². The summed E-state index contributed by atoms with van der Waals surface area (Å²) in [6.45, 7) is 7.26. The molecular weight excluding hydrogens is 272 g/mol. The molecule has 0 amide bonds. The fraction of sp³-hybridized carbons (Fsp3) is 0.562. The van der Waals surface area contributed by atoms with Crippen molar-refractivity contribution in [2.24, 2.45) is 0 Å². The van der Waals surface area contributed by atoms with Gasteiger partial charge in [-0.25, -0.2) is 0 Å². The van der Waals surface area contributed by atoms with Crippen molar-refractivity contribution in [3.05, 3.63) is 29.8 Å². The summed E-state index contributed by atoms with van der Waals surface area (Å²) >= 11 is 0. The Morgan fingerprint density at radius 2 is 1.76 bits per heavy atom. The minimum absolute atomic E-state index is 0.0402. The van der Waals surface area contributed by atoms with E-state index in [0.29, 0.717) is 11.7 Å². The monoisotopic (exact) mass is 296 g/mol. The van der Waals surface area contributed by atoms with E-state index in [0.717, 1.165) is 0 Å². The zero-order valence-corrected chi connectivity index (χ0v) is 13.0. The third kappa shape index (κ3) is 7.11. The first-order chi connectivity index (χ1) is 9.88. The maximum absolute atomic E-state index is 10.6. The minimum Gasteiger partial charge on any atom is -0.465 e. The zero-order chi connectivity index (χ0) is 15.8. The van der Waals surface area contributed by atoms with Crippen LogP contribution in [0.3, 0.4) is 0 Å². The number of esters is 1. The van der Waals surface area contributed by atoms with Gasteiger partial charge in [-0.1, -0.05) is 26.0 Å². The molecule has 118 valence electrons. The van der Waals surface area contributed by atoms with E-state index < -0.39 is 18.4 Å². The Morgan fingerprint density at radius 1 is 1.14 bits per heavy atom. The van der Waals surface area contributed by atoms with Crippen LogP contribution < -0.4 is 4.74 Å². The minimum atomic E-state index is -0.858. The van der Waals surface area contributed by atoms with Crippen molar-refractivity contribution in [3.63, 3.8) is 0 Å². The fourth-order valence-corrected chi connectivity index (χ4v) is 1.67. The number of aliphatic hydroxyl groups is 1. The number of carbonyl (C=O) groups is 1. The van der Waals surface area contributed by atoms with Gasteiger partial charge in [-0.2, -0.15) is 0 Å². The maximum Gasteiger partial charge on any atom is 0.302 e. The van der Waals surface area contributed by atoms with Crippen LogP contribution in [-0.2, 0) is 14.3 Å². The molecule has 0 aliphatic carbocycles. The molecule has 0 aliphatic heterocycles. The van der Waals surface area contributed by atoms with Crippen molar-refractivity contribution in [1.82, 2.24) is 0 Å². The Kier molecular flexibility index (Phi) is 7.19. The Labute approximate surface area is 125 Å².